The molecular formula is C4H7Sn. The first kappa shape index (κ1) is 5.41. The summed E-state index contributed by atoms with van der Waals surface area (Å²) in [4.78, 5) is 0. The standard InChI is InChI=1S/C3H5.CH2.Sn/c1-3-2;;/h1H2,2H3;1H2;. The first-order valence-corrected chi connectivity index (χ1v) is 4.90. The molecule has 0 rings (SSSR count). The minimum atomic E-state index is -0.310. The van der Waals surface area contributed by atoms with Gasteiger partial charge in [0.25, 0.3) is 0 Å². The van der Waals surface area contributed by atoms with Gasteiger partial charge in [0.05, 0.1) is 0 Å². The van der Waals surface area contributed by atoms with Crippen molar-refractivity contribution in [2.45, 2.75) is 6.92 Å². The number of allylic oxidation sites excluding steroid dienone is 1. The van der Waals surface area contributed by atoms with Crippen LogP contribution in [0.25, 0.3) is 0 Å². The van der Waals surface area contributed by atoms with E-state index in [1.165, 1.54) is 3.59 Å². The maximum absolute atomic E-state index is 3.76. The molecule has 0 N–H and O–H groups in total. The third-order valence-corrected chi connectivity index (χ3v) is 2.02. The van der Waals surface area contributed by atoms with Crippen molar-refractivity contribution in [2.75, 3.05) is 0 Å². The Kier molecular flexibility index (Phi) is 2.85. The first-order valence-electron chi connectivity index (χ1n) is 1.46. The minimum absolute atomic E-state index is 0.310. The molecule has 1 radical (unpaired) electrons. The van der Waals surface area contributed by atoms with Crippen LogP contribution in [-0.4, -0.2) is 25.2 Å². The van der Waals surface area contributed by atoms with E-state index in [0.717, 1.165) is 0 Å². The second-order valence-electron chi connectivity index (χ2n) is 0.957. The summed E-state index contributed by atoms with van der Waals surface area (Å²) in [6.45, 7) is 5.73. The summed E-state index contributed by atoms with van der Waals surface area (Å²) < 4.78 is 5.07. The zero-order valence-electron chi connectivity index (χ0n) is 3.41. The first-order chi connectivity index (χ1) is 2.27. The molecule has 0 aromatic heterocycles. The van der Waals surface area contributed by atoms with Gasteiger partial charge in [0.2, 0.25) is 0 Å². The molecule has 0 saturated carbocycles. The van der Waals surface area contributed by atoms with Crippen molar-refractivity contribution in [1.82, 2.24) is 0 Å². The molecule has 0 aliphatic carbocycles. The van der Waals surface area contributed by atoms with E-state index in [4.69, 9.17) is 0 Å². The molecule has 0 aromatic rings. The van der Waals surface area contributed by atoms with Crippen molar-refractivity contribution in [3.63, 3.8) is 0 Å². The monoisotopic (exact) mass is 175 g/mol. The number of hydrogen-bond donors (Lipinski definition) is 0. The summed E-state index contributed by atoms with van der Waals surface area (Å²) in [6.07, 6.45) is 0. The van der Waals surface area contributed by atoms with E-state index in [1.807, 2.05) is 6.92 Å². The number of hydrogen-bond acceptors (Lipinski definition) is 0. The molecule has 0 saturated heterocycles. The van der Waals surface area contributed by atoms with Crippen molar-refractivity contribution in [2.24, 2.45) is 0 Å². The third-order valence-electron chi connectivity index (χ3n) is 0.302. The average molecular weight is 174 g/mol. The quantitative estimate of drug-likeness (QED) is 0.512. The van der Waals surface area contributed by atoms with Crippen molar-refractivity contribution in [3.8, 4) is 0 Å². The predicted octanol–water partition coefficient (Wildman–Crippen LogP) is 0.656. The molecule has 0 amide bonds. The van der Waals surface area contributed by atoms with Crippen molar-refractivity contribution >= 4 is 25.2 Å². The summed E-state index contributed by atoms with van der Waals surface area (Å²) in [5.41, 5.74) is 0. The van der Waals surface area contributed by atoms with Crippen molar-refractivity contribution in [3.05, 3.63) is 10.2 Å². The molecule has 0 nitrogen and oxygen atoms in total. The van der Waals surface area contributed by atoms with Gasteiger partial charge in [0, 0.05) is 0 Å². The van der Waals surface area contributed by atoms with Crippen LogP contribution in [0, 0.1) is 0 Å². The van der Waals surface area contributed by atoms with Crippen LogP contribution in [0.2, 0.25) is 0 Å². The Morgan fingerprint density at radius 3 is 2.00 bits per heavy atom. The molecule has 1 heteroatoms. The van der Waals surface area contributed by atoms with E-state index in [9.17, 15) is 0 Å². The molecular weight excluding hydrogens is 167 g/mol. The second-order valence-corrected chi connectivity index (χ2v) is 4.40. The normalized spacial score (nSPS) is 6.60. The van der Waals surface area contributed by atoms with Crippen LogP contribution in [0.15, 0.2) is 10.2 Å². The van der Waals surface area contributed by atoms with Gasteiger partial charge in [-0.3, -0.25) is 0 Å². The predicted molar refractivity (Wildman–Crippen MR) is 27.7 cm³/mol. The van der Waals surface area contributed by atoms with Gasteiger partial charge in [0.15, 0.2) is 0 Å². The number of rotatable bonds is 1. The van der Waals surface area contributed by atoms with Crippen LogP contribution >= 0.6 is 0 Å². The molecule has 0 aromatic carbocycles. The average Bonchev–Trinajstić information content (AvgIpc) is 1.38. The van der Waals surface area contributed by atoms with E-state index in [1.54, 1.807) is 0 Å². The van der Waals surface area contributed by atoms with Gasteiger partial charge >= 0.3 is 42.3 Å². The maximum atomic E-state index is 3.76. The molecule has 0 aliphatic heterocycles. The van der Waals surface area contributed by atoms with Crippen LogP contribution in [0.4, 0.5) is 0 Å². The Hall–Kier alpha value is 0.409. The van der Waals surface area contributed by atoms with Gasteiger partial charge in [-0.15, -0.1) is 0 Å². The van der Waals surface area contributed by atoms with Crippen LogP contribution < -0.4 is 0 Å². The van der Waals surface area contributed by atoms with Gasteiger partial charge in [-0.2, -0.15) is 0 Å². The van der Waals surface area contributed by atoms with Gasteiger partial charge in [0.1, 0.15) is 0 Å². The molecule has 27 valence electrons. The van der Waals surface area contributed by atoms with Crippen LogP contribution in [0.3, 0.4) is 0 Å². The van der Waals surface area contributed by atoms with Crippen molar-refractivity contribution < 1.29 is 0 Å². The van der Waals surface area contributed by atoms with Gasteiger partial charge in [-0.1, -0.05) is 0 Å². The molecule has 0 aliphatic rings. The van der Waals surface area contributed by atoms with E-state index in [-0.39, 0.29) is 20.7 Å². The SMILES string of the molecule is [CH2]=[Sn][C](=C)C. The molecule has 0 spiro atoms. The van der Waals surface area contributed by atoms with Gasteiger partial charge < -0.3 is 0 Å². The van der Waals surface area contributed by atoms with Gasteiger partial charge in [-0.25, -0.2) is 0 Å². The second kappa shape index (κ2) is 2.64. The van der Waals surface area contributed by atoms with Crippen LogP contribution in [0.5, 0.6) is 0 Å². The Bertz CT molecular complexity index is 54.7. The summed E-state index contributed by atoms with van der Waals surface area (Å²) in [7, 11) is 0. The summed E-state index contributed by atoms with van der Waals surface area (Å²) in [5, 5.41) is 0. The zero-order chi connectivity index (χ0) is 4.28. The summed E-state index contributed by atoms with van der Waals surface area (Å²) in [5.74, 6) is 0. The van der Waals surface area contributed by atoms with Gasteiger partial charge in [-0.05, 0) is 0 Å². The van der Waals surface area contributed by atoms with Crippen LogP contribution in [-0.2, 0) is 0 Å². The molecule has 0 heterocycles. The van der Waals surface area contributed by atoms with E-state index in [2.05, 4.69) is 11.1 Å². The van der Waals surface area contributed by atoms with E-state index >= 15 is 0 Å². The topological polar surface area (TPSA) is 0 Å². The Labute approximate surface area is 42.6 Å². The fourth-order valence-electron chi connectivity index (χ4n) is 0. The van der Waals surface area contributed by atoms with Crippen molar-refractivity contribution in [1.29, 1.82) is 0 Å². The Balaban J connectivity index is 3.20. The molecule has 0 atom stereocenters. The fraction of sp³-hybridized carbons (Fsp3) is 0.250. The zero-order valence-corrected chi connectivity index (χ0v) is 6.27. The summed E-state index contributed by atoms with van der Waals surface area (Å²) in [6, 6.07) is 0. The Morgan fingerprint density at radius 2 is 2.00 bits per heavy atom. The molecule has 0 bridgehead atoms. The fourth-order valence-corrected chi connectivity index (χ4v) is 0. The molecule has 5 heavy (non-hydrogen) atoms. The summed E-state index contributed by atoms with van der Waals surface area (Å²) >= 11 is -0.310. The molecule has 0 unspecified atom stereocenters. The third kappa shape index (κ3) is 4.41. The Morgan fingerprint density at radius 1 is 1.80 bits per heavy atom. The van der Waals surface area contributed by atoms with E-state index in [0.29, 0.717) is 0 Å². The molecule has 0 fully saturated rings. The van der Waals surface area contributed by atoms with E-state index < -0.39 is 0 Å². The van der Waals surface area contributed by atoms with Crippen LogP contribution in [0.1, 0.15) is 6.92 Å².